The molecule has 0 heterocycles. The predicted molar refractivity (Wildman–Crippen MR) is 89.9 cm³/mol. The molecule has 26 heavy (non-hydrogen) atoms. The third-order valence-electron chi connectivity index (χ3n) is 3.29. The van der Waals surface area contributed by atoms with Crippen molar-refractivity contribution in [3.05, 3.63) is 0 Å². The molecule has 0 aromatic rings. The summed E-state index contributed by atoms with van der Waals surface area (Å²) in [6, 6.07) is -3.67. The summed E-state index contributed by atoms with van der Waals surface area (Å²) in [5.41, 5.74) is 5.21. The molecule has 0 spiro atoms. The van der Waals surface area contributed by atoms with Gasteiger partial charge in [-0.15, -0.1) is 0 Å². The molecule has 0 radical (unpaired) electrons. The van der Waals surface area contributed by atoms with Gasteiger partial charge in [0.05, 0.1) is 13.0 Å². The molecule has 0 fully saturated rings. The molecule has 3 atom stereocenters. The summed E-state index contributed by atoms with van der Waals surface area (Å²) in [6.07, 6.45) is -0.493. The van der Waals surface area contributed by atoms with Gasteiger partial charge in [0.25, 0.3) is 0 Å². The zero-order chi connectivity index (χ0) is 20.4. The molecule has 11 nitrogen and oxygen atoms in total. The number of rotatable bonds is 11. The number of hydrogen-bond donors (Lipinski definition) is 6. The molecule has 0 aliphatic rings. The maximum atomic E-state index is 12.3. The Balaban J connectivity index is 4.90. The summed E-state index contributed by atoms with van der Waals surface area (Å²) in [5.74, 6) is -4.85. The average Bonchev–Trinajstić information content (AvgIpc) is 2.52. The molecular weight excluding hydrogens is 348 g/mol. The molecule has 0 saturated carbocycles. The van der Waals surface area contributed by atoms with Crippen molar-refractivity contribution in [1.82, 2.24) is 16.0 Å². The molecule has 0 aromatic heterocycles. The Hall–Kier alpha value is -2.69. The fourth-order valence-electron chi connectivity index (χ4n) is 2.01. The van der Waals surface area contributed by atoms with Gasteiger partial charge in [0, 0.05) is 0 Å². The second kappa shape index (κ2) is 11.0. The van der Waals surface area contributed by atoms with Crippen LogP contribution < -0.4 is 21.7 Å². The first-order valence-electron chi connectivity index (χ1n) is 8.02. The van der Waals surface area contributed by atoms with Crippen molar-refractivity contribution < 1.29 is 34.2 Å². The highest BCUT2D eigenvalue weighted by atomic mass is 16.4. The Bertz CT molecular complexity index is 550. The van der Waals surface area contributed by atoms with Gasteiger partial charge in [0.2, 0.25) is 17.7 Å². The number of nitrogens with one attached hydrogen (secondary N) is 3. The van der Waals surface area contributed by atoms with Crippen LogP contribution in [0.25, 0.3) is 0 Å². The summed E-state index contributed by atoms with van der Waals surface area (Å²) in [4.78, 5) is 57.3. The molecule has 0 rings (SSSR count). The molecule has 0 aliphatic heterocycles. The smallest absolute Gasteiger partial charge is 0.326 e. The third kappa shape index (κ3) is 8.97. The minimum Gasteiger partial charge on any atom is -0.481 e. The molecule has 7 N–H and O–H groups in total. The topological polar surface area (TPSA) is 188 Å². The van der Waals surface area contributed by atoms with E-state index >= 15 is 0 Å². The average molecular weight is 374 g/mol. The molecule has 11 heteroatoms. The van der Waals surface area contributed by atoms with E-state index in [4.69, 9.17) is 15.9 Å². The van der Waals surface area contributed by atoms with Crippen molar-refractivity contribution >= 4 is 29.7 Å². The molecule has 3 amide bonds. The van der Waals surface area contributed by atoms with Crippen LogP contribution in [0.2, 0.25) is 0 Å². The molecule has 0 aromatic carbocycles. The first kappa shape index (κ1) is 23.3. The lowest BCUT2D eigenvalue weighted by Gasteiger charge is -2.23. The van der Waals surface area contributed by atoms with E-state index < -0.39 is 54.2 Å². The van der Waals surface area contributed by atoms with Crippen LogP contribution in [0.3, 0.4) is 0 Å². The minimum absolute atomic E-state index is 0.0694. The Morgan fingerprint density at radius 2 is 1.46 bits per heavy atom. The van der Waals surface area contributed by atoms with Gasteiger partial charge in [0.15, 0.2) is 0 Å². The van der Waals surface area contributed by atoms with Gasteiger partial charge in [-0.3, -0.25) is 19.2 Å². The quantitative estimate of drug-likeness (QED) is 0.240. The minimum atomic E-state index is -1.62. The molecule has 148 valence electrons. The number of nitrogens with two attached hydrogens (primary N) is 1. The SMILES string of the molecule is CC(C)C[C@@H](NC(=O)CN)C(=O)N[C@@H](C)C(=O)N[C@@H](CC(=O)O)C(=O)O. The Morgan fingerprint density at radius 1 is 0.885 bits per heavy atom. The van der Waals surface area contributed by atoms with Crippen molar-refractivity contribution in [3.63, 3.8) is 0 Å². The first-order valence-corrected chi connectivity index (χ1v) is 8.02. The van der Waals surface area contributed by atoms with Crippen LogP contribution in [0.1, 0.15) is 33.6 Å². The van der Waals surface area contributed by atoms with E-state index in [0.717, 1.165) is 0 Å². The monoisotopic (exact) mass is 374 g/mol. The maximum Gasteiger partial charge on any atom is 0.326 e. The summed E-state index contributed by atoms with van der Waals surface area (Å²) in [7, 11) is 0. The van der Waals surface area contributed by atoms with E-state index in [1.54, 1.807) is 0 Å². The van der Waals surface area contributed by atoms with E-state index in [1.807, 2.05) is 19.2 Å². The van der Waals surface area contributed by atoms with Gasteiger partial charge in [-0.2, -0.15) is 0 Å². The van der Waals surface area contributed by atoms with Crippen LogP contribution in [0.5, 0.6) is 0 Å². The normalized spacial score (nSPS) is 14.0. The highest BCUT2D eigenvalue weighted by Gasteiger charge is 2.28. The van der Waals surface area contributed by atoms with Gasteiger partial charge in [-0.05, 0) is 19.3 Å². The number of carbonyl (C=O) groups excluding carboxylic acids is 3. The zero-order valence-electron chi connectivity index (χ0n) is 14.9. The molecule has 0 bridgehead atoms. The lowest BCUT2D eigenvalue weighted by Crippen LogP contribution is -2.55. The van der Waals surface area contributed by atoms with Crippen molar-refractivity contribution in [2.24, 2.45) is 11.7 Å². The summed E-state index contributed by atoms with van der Waals surface area (Å²) in [5, 5.41) is 24.4. The van der Waals surface area contributed by atoms with Crippen LogP contribution in [-0.2, 0) is 24.0 Å². The van der Waals surface area contributed by atoms with Crippen LogP contribution in [0.4, 0.5) is 0 Å². The van der Waals surface area contributed by atoms with E-state index in [9.17, 15) is 24.0 Å². The van der Waals surface area contributed by atoms with Gasteiger partial charge in [-0.1, -0.05) is 13.8 Å². The standard InChI is InChI=1S/C15H26N4O7/c1-7(2)4-9(18-11(20)6-16)14(24)17-8(3)13(23)19-10(15(25)26)5-12(21)22/h7-10H,4-6,16H2,1-3H3,(H,17,24)(H,18,20)(H,19,23)(H,21,22)(H,25,26)/t8-,9+,10-/m0/s1. The molecule has 0 saturated heterocycles. The van der Waals surface area contributed by atoms with E-state index in [2.05, 4.69) is 10.6 Å². The fourth-order valence-corrected chi connectivity index (χ4v) is 2.01. The number of carboxylic acids is 2. The van der Waals surface area contributed by atoms with Gasteiger partial charge in [0.1, 0.15) is 18.1 Å². The molecule has 0 aliphatic carbocycles. The summed E-state index contributed by atoms with van der Waals surface area (Å²) in [6.45, 7) is 4.69. The number of aliphatic carboxylic acids is 2. The zero-order valence-corrected chi connectivity index (χ0v) is 14.9. The third-order valence-corrected chi connectivity index (χ3v) is 3.29. The highest BCUT2D eigenvalue weighted by Crippen LogP contribution is 2.05. The van der Waals surface area contributed by atoms with Crippen molar-refractivity contribution in [1.29, 1.82) is 0 Å². The number of carboxylic acid groups (broad SMARTS) is 2. The van der Waals surface area contributed by atoms with Crippen LogP contribution >= 0.6 is 0 Å². The van der Waals surface area contributed by atoms with E-state index in [0.29, 0.717) is 6.42 Å². The van der Waals surface area contributed by atoms with Crippen LogP contribution in [0.15, 0.2) is 0 Å². The lowest BCUT2D eigenvalue weighted by molar-refractivity contribution is -0.147. The van der Waals surface area contributed by atoms with Crippen molar-refractivity contribution in [2.75, 3.05) is 6.54 Å². The first-order chi connectivity index (χ1) is 12.0. The maximum absolute atomic E-state index is 12.3. The lowest BCUT2D eigenvalue weighted by atomic mass is 10.0. The number of carbonyl (C=O) groups is 5. The van der Waals surface area contributed by atoms with E-state index in [-0.39, 0.29) is 12.5 Å². The Kier molecular flexibility index (Phi) is 9.89. The summed E-state index contributed by atoms with van der Waals surface area (Å²) < 4.78 is 0. The second-order valence-electron chi connectivity index (χ2n) is 6.18. The highest BCUT2D eigenvalue weighted by molar-refractivity contribution is 5.94. The molecule has 0 unspecified atom stereocenters. The van der Waals surface area contributed by atoms with Crippen LogP contribution in [0, 0.1) is 5.92 Å². The Labute approximate surface area is 150 Å². The van der Waals surface area contributed by atoms with Gasteiger partial charge >= 0.3 is 11.9 Å². The van der Waals surface area contributed by atoms with Crippen LogP contribution in [-0.4, -0.2) is 64.5 Å². The van der Waals surface area contributed by atoms with E-state index in [1.165, 1.54) is 6.92 Å². The molecular formula is C15H26N4O7. The summed E-state index contributed by atoms with van der Waals surface area (Å²) >= 11 is 0. The number of amides is 3. The second-order valence-corrected chi connectivity index (χ2v) is 6.18. The Morgan fingerprint density at radius 3 is 1.88 bits per heavy atom. The van der Waals surface area contributed by atoms with Crippen molar-refractivity contribution in [2.45, 2.75) is 51.7 Å². The van der Waals surface area contributed by atoms with Gasteiger partial charge in [-0.25, -0.2) is 4.79 Å². The number of hydrogen-bond acceptors (Lipinski definition) is 6. The largest absolute Gasteiger partial charge is 0.481 e. The predicted octanol–water partition coefficient (Wildman–Crippen LogP) is -1.98. The van der Waals surface area contributed by atoms with Crippen molar-refractivity contribution in [3.8, 4) is 0 Å². The fraction of sp³-hybridized carbons (Fsp3) is 0.667. The van der Waals surface area contributed by atoms with Gasteiger partial charge < -0.3 is 31.9 Å².